The minimum atomic E-state index is -0.427. The zero-order valence-corrected chi connectivity index (χ0v) is 10.7. The first-order valence-corrected chi connectivity index (χ1v) is 5.84. The summed E-state index contributed by atoms with van der Waals surface area (Å²) in [6, 6.07) is 2.01. The molecule has 0 saturated carbocycles. The summed E-state index contributed by atoms with van der Waals surface area (Å²) in [6.07, 6.45) is 13.6. The SMILES string of the molecule is C#CNC(=N)N(F)CC1=CC=C(C(C)C)CC=C1. The lowest BCUT2D eigenvalue weighted by Gasteiger charge is -2.13. The number of nitrogens with one attached hydrogen (secondary N) is 2. The van der Waals surface area contributed by atoms with Gasteiger partial charge in [-0.05, 0) is 17.9 Å². The van der Waals surface area contributed by atoms with Crippen molar-refractivity contribution in [2.24, 2.45) is 5.92 Å². The number of hydrogen-bond acceptors (Lipinski definition) is 1. The van der Waals surface area contributed by atoms with Crippen LogP contribution in [0, 0.1) is 23.8 Å². The van der Waals surface area contributed by atoms with Crippen LogP contribution in [-0.2, 0) is 0 Å². The van der Waals surface area contributed by atoms with Gasteiger partial charge in [-0.1, -0.05) is 54.6 Å². The Labute approximate surface area is 108 Å². The molecule has 0 amide bonds. The molecule has 0 spiro atoms. The summed E-state index contributed by atoms with van der Waals surface area (Å²) < 4.78 is 13.5. The van der Waals surface area contributed by atoms with Gasteiger partial charge in [-0.2, -0.15) is 5.12 Å². The van der Waals surface area contributed by atoms with Crippen molar-refractivity contribution in [1.29, 1.82) is 5.41 Å². The van der Waals surface area contributed by atoms with E-state index in [9.17, 15) is 4.48 Å². The minimum absolute atomic E-state index is 0.00584. The average molecular weight is 247 g/mol. The van der Waals surface area contributed by atoms with Gasteiger partial charge in [0.1, 0.15) is 0 Å². The summed E-state index contributed by atoms with van der Waals surface area (Å²) in [4.78, 5) is 0. The molecule has 0 bridgehead atoms. The minimum Gasteiger partial charge on any atom is -0.284 e. The quantitative estimate of drug-likeness (QED) is 0.265. The number of guanidine groups is 1. The topological polar surface area (TPSA) is 39.1 Å². The van der Waals surface area contributed by atoms with E-state index in [2.05, 4.69) is 19.2 Å². The molecule has 4 heteroatoms. The van der Waals surface area contributed by atoms with Gasteiger partial charge in [0, 0.05) is 6.04 Å². The summed E-state index contributed by atoms with van der Waals surface area (Å²) in [5.41, 5.74) is 2.11. The van der Waals surface area contributed by atoms with Gasteiger partial charge in [-0.25, -0.2) is 0 Å². The van der Waals surface area contributed by atoms with Crippen LogP contribution in [0.1, 0.15) is 20.3 Å². The van der Waals surface area contributed by atoms with Crippen molar-refractivity contribution in [3.8, 4) is 12.5 Å². The zero-order chi connectivity index (χ0) is 13.5. The molecule has 0 aromatic carbocycles. The second-order valence-electron chi connectivity index (χ2n) is 4.38. The third-order valence-electron chi connectivity index (χ3n) is 2.69. The van der Waals surface area contributed by atoms with Crippen LogP contribution in [0.4, 0.5) is 4.48 Å². The van der Waals surface area contributed by atoms with Crippen LogP contribution < -0.4 is 5.32 Å². The van der Waals surface area contributed by atoms with Crippen LogP contribution in [0.5, 0.6) is 0 Å². The lowest BCUT2D eigenvalue weighted by Crippen LogP contribution is -2.33. The van der Waals surface area contributed by atoms with Crippen molar-refractivity contribution in [3.05, 3.63) is 35.5 Å². The van der Waals surface area contributed by atoms with Gasteiger partial charge in [0.15, 0.2) is 0 Å². The van der Waals surface area contributed by atoms with Gasteiger partial charge in [-0.15, -0.1) is 0 Å². The van der Waals surface area contributed by atoms with Crippen molar-refractivity contribution in [3.63, 3.8) is 0 Å². The molecule has 0 atom stereocenters. The second-order valence-corrected chi connectivity index (χ2v) is 4.38. The fourth-order valence-corrected chi connectivity index (χ4v) is 1.59. The van der Waals surface area contributed by atoms with Crippen LogP contribution in [0.25, 0.3) is 0 Å². The smallest absolute Gasteiger partial charge is 0.231 e. The van der Waals surface area contributed by atoms with Crippen LogP contribution in [0.3, 0.4) is 0 Å². The molecule has 1 rings (SSSR count). The van der Waals surface area contributed by atoms with Gasteiger partial charge in [0.25, 0.3) is 0 Å². The fraction of sp³-hybridized carbons (Fsp3) is 0.357. The Bertz CT molecular complexity index is 438. The number of allylic oxidation sites excluding steroid dienone is 4. The molecular formula is C14H18FN3. The maximum Gasteiger partial charge on any atom is 0.231 e. The van der Waals surface area contributed by atoms with E-state index in [-0.39, 0.29) is 11.7 Å². The highest BCUT2D eigenvalue weighted by molar-refractivity contribution is 5.77. The second kappa shape index (κ2) is 6.65. The van der Waals surface area contributed by atoms with E-state index in [1.807, 2.05) is 30.3 Å². The number of hydrogen-bond donors (Lipinski definition) is 2. The molecule has 0 saturated heterocycles. The van der Waals surface area contributed by atoms with Gasteiger partial charge >= 0.3 is 0 Å². The van der Waals surface area contributed by atoms with Crippen molar-refractivity contribution in [1.82, 2.24) is 10.4 Å². The largest absolute Gasteiger partial charge is 0.284 e. The predicted octanol–water partition coefficient (Wildman–Crippen LogP) is 2.76. The number of halogens is 1. The third-order valence-corrected chi connectivity index (χ3v) is 2.69. The van der Waals surface area contributed by atoms with E-state index in [4.69, 9.17) is 11.8 Å². The lowest BCUT2D eigenvalue weighted by molar-refractivity contribution is 0.130. The van der Waals surface area contributed by atoms with Crippen LogP contribution in [-0.4, -0.2) is 17.6 Å². The zero-order valence-electron chi connectivity index (χ0n) is 10.7. The summed E-state index contributed by atoms with van der Waals surface area (Å²) in [6.45, 7) is 4.27. The molecule has 1 aliphatic rings. The van der Waals surface area contributed by atoms with E-state index >= 15 is 0 Å². The molecule has 0 fully saturated rings. The summed E-state index contributed by atoms with van der Waals surface area (Å²) >= 11 is 0. The fourth-order valence-electron chi connectivity index (χ4n) is 1.59. The first-order valence-electron chi connectivity index (χ1n) is 5.84. The maximum absolute atomic E-state index is 13.5. The monoisotopic (exact) mass is 247 g/mol. The number of rotatable bonds is 3. The van der Waals surface area contributed by atoms with E-state index in [1.165, 1.54) is 5.57 Å². The molecule has 1 aliphatic carbocycles. The predicted molar refractivity (Wildman–Crippen MR) is 72.3 cm³/mol. The first kappa shape index (κ1) is 14.0. The van der Waals surface area contributed by atoms with Gasteiger partial charge in [0.2, 0.25) is 5.96 Å². The molecule has 2 N–H and O–H groups in total. The maximum atomic E-state index is 13.5. The summed E-state index contributed by atoms with van der Waals surface area (Å²) in [5, 5.41) is 9.76. The van der Waals surface area contributed by atoms with Gasteiger partial charge in [0.05, 0.1) is 6.54 Å². The highest BCUT2D eigenvalue weighted by atomic mass is 19.2. The van der Waals surface area contributed by atoms with E-state index in [0.717, 1.165) is 12.0 Å². The van der Waals surface area contributed by atoms with Gasteiger partial charge < -0.3 is 0 Å². The molecule has 0 unspecified atom stereocenters. The van der Waals surface area contributed by atoms with Crippen LogP contribution >= 0.6 is 0 Å². The third kappa shape index (κ3) is 4.10. The molecule has 0 heterocycles. The lowest BCUT2D eigenvalue weighted by atomic mass is 10.0. The van der Waals surface area contributed by atoms with Crippen molar-refractivity contribution < 1.29 is 4.48 Å². The summed E-state index contributed by atoms with van der Waals surface area (Å²) in [5.74, 6) is 0.0530. The number of nitrogens with zero attached hydrogens (tertiary/aromatic N) is 1. The van der Waals surface area contributed by atoms with E-state index in [0.29, 0.717) is 5.92 Å². The van der Waals surface area contributed by atoms with Crippen molar-refractivity contribution in [2.45, 2.75) is 20.3 Å². The number of terminal acetylenes is 1. The first-order chi connectivity index (χ1) is 8.54. The van der Waals surface area contributed by atoms with E-state index in [1.54, 1.807) is 0 Å². The summed E-state index contributed by atoms with van der Waals surface area (Å²) in [7, 11) is 0. The highest BCUT2D eigenvalue weighted by Gasteiger charge is 2.10. The Hall–Kier alpha value is -2.02. The molecule has 96 valence electrons. The Morgan fingerprint density at radius 3 is 2.94 bits per heavy atom. The Morgan fingerprint density at radius 2 is 2.33 bits per heavy atom. The molecule has 0 aromatic rings. The van der Waals surface area contributed by atoms with Crippen molar-refractivity contribution >= 4 is 5.96 Å². The van der Waals surface area contributed by atoms with E-state index < -0.39 is 5.96 Å². The molecule has 18 heavy (non-hydrogen) atoms. The van der Waals surface area contributed by atoms with Crippen LogP contribution in [0.15, 0.2) is 35.5 Å². The standard InChI is InChI=1S/C14H18FN3/c1-4-17-14(16)18(15)10-12-6-5-7-13(9-8-12)11(2)3/h1,5-6,8-9,11H,7,10H2,2-3H3,(H2,16,17). The Morgan fingerprint density at radius 1 is 1.61 bits per heavy atom. The van der Waals surface area contributed by atoms with Crippen molar-refractivity contribution in [2.75, 3.05) is 6.54 Å². The molecule has 0 aromatic heterocycles. The molecular weight excluding hydrogens is 229 g/mol. The average Bonchev–Trinajstić information content (AvgIpc) is 2.55. The Balaban J connectivity index is 2.68. The molecule has 3 nitrogen and oxygen atoms in total. The van der Waals surface area contributed by atoms with Gasteiger partial charge in [-0.3, -0.25) is 10.7 Å². The Kier molecular flexibility index (Phi) is 5.19. The molecule has 0 radical (unpaired) electrons. The highest BCUT2D eigenvalue weighted by Crippen LogP contribution is 2.19. The molecule has 0 aliphatic heterocycles. The normalized spacial score (nSPS) is 14.4. The van der Waals surface area contributed by atoms with Crippen LogP contribution in [0.2, 0.25) is 0 Å².